The van der Waals surface area contributed by atoms with Crippen molar-refractivity contribution < 1.29 is 8.78 Å². The molecule has 7 aromatic heterocycles. The molecular formula is C85H147Br2F2N7. The quantitative estimate of drug-likeness (QED) is 0.100. The second-order valence-corrected chi connectivity index (χ2v) is 28.8. The molecule has 0 atom stereocenters. The van der Waals surface area contributed by atoms with E-state index in [0.29, 0.717) is 71.0 Å². The molecule has 0 aliphatic rings. The Balaban J connectivity index is -0.000000155. The van der Waals surface area contributed by atoms with Gasteiger partial charge in [0, 0.05) is 70.1 Å². The van der Waals surface area contributed by atoms with Crippen molar-refractivity contribution in [1.82, 2.24) is 34.9 Å². The molecule has 0 radical (unpaired) electrons. The molecule has 7 aromatic rings. The van der Waals surface area contributed by atoms with Crippen LogP contribution >= 0.6 is 31.9 Å². The molecule has 0 spiro atoms. The summed E-state index contributed by atoms with van der Waals surface area (Å²) >= 11 is 6.85. The third-order valence-corrected chi connectivity index (χ3v) is 15.5. The third kappa shape index (κ3) is 36.6. The lowest BCUT2D eigenvalue weighted by atomic mass is 9.92. The minimum Gasteiger partial charge on any atom is -0.264 e. The molecule has 0 aliphatic heterocycles. The predicted molar refractivity (Wildman–Crippen MR) is 436 cm³/mol. The summed E-state index contributed by atoms with van der Waals surface area (Å²) < 4.78 is 28.3. The van der Waals surface area contributed by atoms with Crippen LogP contribution < -0.4 is 0 Å². The fraction of sp³-hybridized carbons (Fsp3) is 0.588. The van der Waals surface area contributed by atoms with Crippen LogP contribution in [0.15, 0.2) is 113 Å². The molecule has 0 aromatic carbocycles. The molecule has 96 heavy (non-hydrogen) atoms. The Kier molecular flexibility index (Phi) is 59.9. The van der Waals surface area contributed by atoms with E-state index in [0.717, 1.165) is 31.5 Å². The van der Waals surface area contributed by atoms with Gasteiger partial charge in [-0.25, -0.2) is 14.4 Å². The summed E-state index contributed by atoms with van der Waals surface area (Å²) in [7, 11) is 0. The van der Waals surface area contributed by atoms with Crippen LogP contribution in [0.2, 0.25) is 0 Å². The maximum atomic E-state index is 13.4. The van der Waals surface area contributed by atoms with E-state index in [1.807, 2.05) is 82.9 Å². The summed E-state index contributed by atoms with van der Waals surface area (Å²) in [6, 6.07) is 20.1. The van der Waals surface area contributed by atoms with Crippen molar-refractivity contribution in [3.8, 4) is 0 Å². The van der Waals surface area contributed by atoms with Gasteiger partial charge in [0.05, 0.1) is 6.20 Å². The molecule has 0 fully saturated rings. The van der Waals surface area contributed by atoms with Crippen LogP contribution in [0.1, 0.15) is 415 Å². The van der Waals surface area contributed by atoms with Crippen LogP contribution in [0.25, 0.3) is 0 Å². The van der Waals surface area contributed by atoms with Gasteiger partial charge in [0.25, 0.3) is 0 Å². The Morgan fingerprint density at radius 3 is 0.958 bits per heavy atom. The minimum absolute atomic E-state index is 0. The van der Waals surface area contributed by atoms with Crippen molar-refractivity contribution >= 4 is 31.9 Å². The first-order valence-electron chi connectivity index (χ1n) is 32.4. The normalized spacial score (nSPS) is 10.3. The largest absolute Gasteiger partial charge is 0.264 e. The van der Waals surface area contributed by atoms with Crippen molar-refractivity contribution in [3.05, 3.63) is 203 Å². The second kappa shape index (κ2) is 53.8. The first kappa shape index (κ1) is 107. The molecule has 0 N–H and O–H groups in total. The highest BCUT2D eigenvalue weighted by Crippen LogP contribution is 2.31. The molecule has 0 unspecified atom stereocenters. The van der Waals surface area contributed by atoms with Gasteiger partial charge < -0.3 is 0 Å². The highest BCUT2D eigenvalue weighted by molar-refractivity contribution is 9.10. The summed E-state index contributed by atoms with van der Waals surface area (Å²) in [5, 5.41) is 0. The summed E-state index contributed by atoms with van der Waals surface area (Å²) in [5.74, 6) is 6.19. The smallest absolute Gasteiger partial charge is 0.213 e. The fourth-order valence-electron chi connectivity index (χ4n) is 9.99. The van der Waals surface area contributed by atoms with Crippen molar-refractivity contribution in [1.29, 1.82) is 0 Å². The summed E-state index contributed by atoms with van der Waals surface area (Å²) in [5.41, 5.74) is 17.1. The van der Waals surface area contributed by atoms with E-state index < -0.39 is 0 Å². The Hall–Kier alpha value is -5.13. The number of hydrogen-bond acceptors (Lipinski definition) is 7. The highest BCUT2D eigenvalue weighted by atomic mass is 79.9. The van der Waals surface area contributed by atoms with Crippen molar-refractivity contribution in [2.24, 2.45) is 0 Å². The zero-order valence-corrected chi connectivity index (χ0v) is 62.7. The van der Waals surface area contributed by atoms with Gasteiger partial charge in [-0.2, -0.15) is 4.39 Å². The first-order chi connectivity index (χ1) is 41.0. The summed E-state index contributed by atoms with van der Waals surface area (Å²) in [6.45, 7) is 60.4. The Bertz CT molecular complexity index is 2720. The molecule has 11 heteroatoms. The van der Waals surface area contributed by atoms with Gasteiger partial charge >= 0.3 is 0 Å². The SMILES string of the molecule is C.C.C.C.C.C.C.C.CC(C)c1cc(Br)cnc1C(C)C.CC(C)c1ccc(Br)nc1C(C)C.CC(C)c1ccc(F)nc1C(C)C.CC(C)c1cccnc1C(C)C.CC(C)c1cccnc1C(C)C.CC(C)c1ccncc1C(C)C.CC(C)c1cncc(F)c1C(C)C. The van der Waals surface area contributed by atoms with Crippen LogP contribution in [-0.2, 0) is 0 Å². The van der Waals surface area contributed by atoms with Gasteiger partial charge in [-0.15, -0.1) is 0 Å². The average molecular weight is 1460 g/mol. The monoisotopic (exact) mass is 1460 g/mol. The predicted octanol–water partition coefficient (Wildman–Crippen LogP) is 30.2. The average Bonchev–Trinajstić information content (AvgIpc) is 0.990. The molecule has 0 bridgehead atoms. The number of nitrogens with zero attached hydrogens (tertiary/aromatic N) is 7. The third-order valence-electron chi connectivity index (χ3n) is 14.7. The molecule has 0 aliphatic carbocycles. The molecule has 7 nitrogen and oxygen atoms in total. The zero-order chi connectivity index (χ0) is 67.4. The van der Waals surface area contributed by atoms with Crippen LogP contribution in [0.3, 0.4) is 0 Å². The van der Waals surface area contributed by atoms with Gasteiger partial charge in [0.1, 0.15) is 10.4 Å². The van der Waals surface area contributed by atoms with Gasteiger partial charge in [-0.05, 0) is 201 Å². The Labute approximate surface area is 611 Å². The first-order valence-corrected chi connectivity index (χ1v) is 34.0. The van der Waals surface area contributed by atoms with E-state index in [9.17, 15) is 8.78 Å². The molecule has 7 heterocycles. The van der Waals surface area contributed by atoms with Crippen LogP contribution in [-0.4, -0.2) is 34.9 Å². The van der Waals surface area contributed by atoms with E-state index in [2.05, 4.69) is 263 Å². The van der Waals surface area contributed by atoms with E-state index in [1.54, 1.807) is 6.20 Å². The zero-order valence-electron chi connectivity index (χ0n) is 59.5. The Morgan fingerprint density at radius 1 is 0.281 bits per heavy atom. The fourth-order valence-corrected chi connectivity index (χ4v) is 10.7. The lowest BCUT2D eigenvalue weighted by molar-refractivity contribution is 0.566. The topological polar surface area (TPSA) is 90.2 Å². The van der Waals surface area contributed by atoms with Crippen LogP contribution in [0.4, 0.5) is 8.78 Å². The highest BCUT2D eigenvalue weighted by Gasteiger charge is 2.17. The van der Waals surface area contributed by atoms with Gasteiger partial charge in [-0.1, -0.05) is 278 Å². The van der Waals surface area contributed by atoms with Gasteiger partial charge in [-0.3, -0.25) is 24.9 Å². The standard InChI is InChI=1S/2C11H16BrN.2C11H16FN.3C11H17N.8CH4/c1-7(2)10-5-9(12)6-13-11(10)8(3)4;1-7(2)9-5-6-10(12)13-11(9)8(3)4;1-7(2)9-5-13-6-10(12)11(9)8(3)4;1-7(2)9-5-6-10(12)13-11(9)8(3)4;1-8(2)10-5-6-12-7-11(10)9(3)4;2*1-8(2)10-6-5-7-12-11(10)9(3)4;;;;;;;;/h4*5-8H,1-4H3;3*5-9H,1-4H3;8*1H4. The molecule has 0 amide bonds. The van der Waals surface area contributed by atoms with Crippen molar-refractivity contribution in [2.75, 3.05) is 0 Å². The molecule has 0 saturated carbocycles. The molecule has 550 valence electrons. The number of aromatic nitrogens is 7. The lowest BCUT2D eigenvalue weighted by Crippen LogP contribution is -2.03. The number of rotatable bonds is 14. The molecule has 0 saturated heterocycles. The van der Waals surface area contributed by atoms with E-state index >= 15 is 0 Å². The maximum absolute atomic E-state index is 13.4. The maximum Gasteiger partial charge on any atom is 0.213 e. The molecule has 7 rings (SSSR count). The summed E-state index contributed by atoms with van der Waals surface area (Å²) in [6.07, 6.45) is 12.6. The lowest BCUT2D eigenvalue weighted by Gasteiger charge is -2.15. The minimum atomic E-state index is -0.381. The number of hydrogen-bond donors (Lipinski definition) is 0. The van der Waals surface area contributed by atoms with Crippen LogP contribution in [0, 0.1) is 11.8 Å². The summed E-state index contributed by atoms with van der Waals surface area (Å²) in [4.78, 5) is 29.7. The van der Waals surface area contributed by atoms with Gasteiger partial charge in [0.2, 0.25) is 5.95 Å². The van der Waals surface area contributed by atoms with Crippen molar-refractivity contribution in [3.63, 3.8) is 0 Å². The van der Waals surface area contributed by atoms with Gasteiger partial charge in [0.15, 0.2) is 0 Å². The Morgan fingerprint density at radius 2 is 0.625 bits per heavy atom. The number of halogens is 4. The van der Waals surface area contributed by atoms with E-state index in [-0.39, 0.29) is 83.0 Å². The van der Waals surface area contributed by atoms with E-state index in [4.69, 9.17) is 0 Å². The van der Waals surface area contributed by atoms with Crippen LogP contribution in [0.5, 0.6) is 0 Å². The van der Waals surface area contributed by atoms with E-state index in [1.165, 1.54) is 68.4 Å². The van der Waals surface area contributed by atoms with Crippen molar-refractivity contribution in [2.45, 2.75) is 336 Å². The molecular weight excluding hydrogens is 1320 g/mol. The second-order valence-electron chi connectivity index (χ2n) is 27.1. The number of pyridine rings is 7.